The van der Waals surface area contributed by atoms with Crippen LogP contribution in [0, 0.1) is 0 Å². The summed E-state index contributed by atoms with van der Waals surface area (Å²) >= 11 is 0. The molecule has 0 fully saturated rings. The van der Waals surface area contributed by atoms with E-state index in [1.54, 1.807) is 24.3 Å². The molecule has 1 amide bonds. The highest BCUT2D eigenvalue weighted by molar-refractivity contribution is 7.89. The number of carbonyl (C=O) groups is 1. The maximum Gasteiger partial charge on any atom is 0.255 e. The van der Waals surface area contributed by atoms with Gasteiger partial charge in [0.25, 0.3) is 5.91 Å². The lowest BCUT2D eigenvalue weighted by Crippen LogP contribution is -2.23. The van der Waals surface area contributed by atoms with Crippen LogP contribution in [0.15, 0.2) is 107 Å². The third kappa shape index (κ3) is 5.42. The molecule has 0 bridgehead atoms. The molecule has 0 aliphatic heterocycles. The number of hydrogen-bond acceptors (Lipinski definition) is 5. The van der Waals surface area contributed by atoms with Crippen molar-refractivity contribution in [2.75, 3.05) is 10.6 Å². The monoisotopic (exact) mass is 447 g/mol. The van der Waals surface area contributed by atoms with Gasteiger partial charge >= 0.3 is 0 Å². The van der Waals surface area contributed by atoms with Crippen molar-refractivity contribution in [3.05, 3.63) is 109 Å². The Kier molecular flexibility index (Phi) is 6.34. The number of hydrogen-bond donors (Lipinski definition) is 3. The Morgan fingerprint density at radius 3 is 2.06 bits per heavy atom. The molecule has 0 saturated carbocycles. The van der Waals surface area contributed by atoms with Crippen LogP contribution in [0.5, 0.6) is 0 Å². The molecule has 32 heavy (non-hydrogen) atoms. The van der Waals surface area contributed by atoms with Crippen LogP contribution < -0.4 is 15.4 Å². The summed E-state index contributed by atoms with van der Waals surface area (Å²) in [5.74, 6) is 0.177. The van der Waals surface area contributed by atoms with Crippen LogP contribution in [-0.2, 0) is 16.6 Å². The molecule has 1 aromatic heterocycles. The summed E-state index contributed by atoms with van der Waals surface area (Å²) in [6.07, 6.45) is 1.48. The summed E-state index contributed by atoms with van der Waals surface area (Å²) in [5, 5.41) is 6.08. The molecule has 0 saturated heterocycles. The number of furan rings is 1. The molecule has 3 N–H and O–H groups in total. The molecule has 0 aliphatic carbocycles. The maximum absolute atomic E-state index is 12.5. The first-order chi connectivity index (χ1) is 15.5. The van der Waals surface area contributed by atoms with E-state index in [-0.39, 0.29) is 17.3 Å². The Balaban J connectivity index is 1.36. The van der Waals surface area contributed by atoms with E-state index in [0.29, 0.717) is 17.0 Å². The molecule has 0 unspecified atom stereocenters. The van der Waals surface area contributed by atoms with Gasteiger partial charge in [-0.1, -0.05) is 18.2 Å². The second kappa shape index (κ2) is 9.51. The lowest BCUT2D eigenvalue weighted by molar-refractivity contribution is 0.102. The fourth-order valence-corrected chi connectivity index (χ4v) is 3.97. The SMILES string of the molecule is O=C(Nc1ccc(Nc2ccccc2)cc1)c1ccc(S(=O)(=O)NCc2ccco2)cc1. The molecule has 0 atom stereocenters. The van der Waals surface area contributed by atoms with E-state index in [2.05, 4.69) is 15.4 Å². The summed E-state index contributed by atoms with van der Waals surface area (Å²) in [5.41, 5.74) is 2.84. The summed E-state index contributed by atoms with van der Waals surface area (Å²) in [6.45, 7) is 0.0483. The molecule has 0 radical (unpaired) electrons. The minimum atomic E-state index is -3.72. The number of anilines is 3. The lowest BCUT2D eigenvalue weighted by Gasteiger charge is -2.09. The molecule has 4 aromatic rings. The van der Waals surface area contributed by atoms with Crippen molar-refractivity contribution in [3.63, 3.8) is 0 Å². The normalized spacial score (nSPS) is 11.1. The average molecular weight is 448 g/mol. The highest BCUT2D eigenvalue weighted by atomic mass is 32.2. The number of amides is 1. The van der Waals surface area contributed by atoms with Gasteiger partial charge in [-0.2, -0.15) is 0 Å². The molecule has 1 heterocycles. The Hall–Kier alpha value is -3.88. The van der Waals surface area contributed by atoms with Crippen LogP contribution in [0.1, 0.15) is 16.1 Å². The first-order valence-electron chi connectivity index (χ1n) is 9.85. The number of carbonyl (C=O) groups excluding carboxylic acids is 1. The molecule has 4 rings (SSSR count). The maximum atomic E-state index is 12.5. The third-order valence-corrected chi connectivity index (χ3v) is 6.07. The summed E-state index contributed by atoms with van der Waals surface area (Å²) in [7, 11) is -3.72. The van der Waals surface area contributed by atoms with Gasteiger partial charge < -0.3 is 15.1 Å². The van der Waals surface area contributed by atoms with Crippen molar-refractivity contribution in [2.45, 2.75) is 11.4 Å². The van der Waals surface area contributed by atoms with Crippen molar-refractivity contribution in [3.8, 4) is 0 Å². The van der Waals surface area contributed by atoms with Crippen molar-refractivity contribution in [1.82, 2.24) is 4.72 Å². The van der Waals surface area contributed by atoms with E-state index in [1.807, 2.05) is 42.5 Å². The van der Waals surface area contributed by atoms with E-state index in [0.717, 1.165) is 11.4 Å². The quantitative estimate of drug-likeness (QED) is 0.362. The van der Waals surface area contributed by atoms with Crippen LogP contribution >= 0.6 is 0 Å². The molecular weight excluding hydrogens is 426 g/mol. The second-order valence-corrected chi connectivity index (χ2v) is 8.72. The van der Waals surface area contributed by atoms with Gasteiger partial charge in [0.15, 0.2) is 0 Å². The van der Waals surface area contributed by atoms with Gasteiger partial charge in [0.05, 0.1) is 17.7 Å². The molecule has 162 valence electrons. The number of nitrogens with one attached hydrogen (secondary N) is 3. The van der Waals surface area contributed by atoms with Gasteiger partial charge in [-0.15, -0.1) is 0 Å². The molecule has 0 aliphatic rings. The number of para-hydroxylation sites is 1. The van der Waals surface area contributed by atoms with E-state index in [9.17, 15) is 13.2 Å². The number of rotatable bonds is 8. The van der Waals surface area contributed by atoms with Crippen LogP contribution in [-0.4, -0.2) is 14.3 Å². The van der Waals surface area contributed by atoms with Crippen LogP contribution in [0.2, 0.25) is 0 Å². The van der Waals surface area contributed by atoms with Crippen LogP contribution in [0.3, 0.4) is 0 Å². The lowest BCUT2D eigenvalue weighted by atomic mass is 10.2. The largest absolute Gasteiger partial charge is 0.468 e. The highest BCUT2D eigenvalue weighted by Gasteiger charge is 2.15. The minimum absolute atomic E-state index is 0.0483. The van der Waals surface area contributed by atoms with Gasteiger partial charge in [0.2, 0.25) is 10.0 Å². The minimum Gasteiger partial charge on any atom is -0.468 e. The number of benzene rings is 3. The zero-order chi connectivity index (χ0) is 22.4. The summed E-state index contributed by atoms with van der Waals surface area (Å²) in [4.78, 5) is 12.6. The molecule has 7 nitrogen and oxygen atoms in total. The summed E-state index contributed by atoms with van der Waals surface area (Å²) in [6, 6.07) is 26.2. The molecule has 0 spiro atoms. The van der Waals surface area contributed by atoms with Gasteiger partial charge in [-0.25, -0.2) is 13.1 Å². The topological polar surface area (TPSA) is 100 Å². The molecular formula is C24H21N3O4S. The van der Waals surface area contributed by atoms with Gasteiger partial charge in [-0.3, -0.25) is 4.79 Å². The number of sulfonamides is 1. The Bertz CT molecular complexity index is 1270. The van der Waals surface area contributed by atoms with Crippen molar-refractivity contribution < 1.29 is 17.6 Å². The Morgan fingerprint density at radius 1 is 0.750 bits per heavy atom. The van der Waals surface area contributed by atoms with Crippen molar-refractivity contribution in [2.24, 2.45) is 0 Å². The van der Waals surface area contributed by atoms with Crippen molar-refractivity contribution >= 4 is 33.0 Å². The Labute approximate surface area is 186 Å². The van der Waals surface area contributed by atoms with E-state index in [1.165, 1.54) is 30.5 Å². The zero-order valence-electron chi connectivity index (χ0n) is 17.0. The van der Waals surface area contributed by atoms with Crippen LogP contribution in [0.25, 0.3) is 0 Å². The summed E-state index contributed by atoms with van der Waals surface area (Å²) < 4.78 is 32.4. The van der Waals surface area contributed by atoms with Crippen molar-refractivity contribution in [1.29, 1.82) is 0 Å². The van der Waals surface area contributed by atoms with E-state index >= 15 is 0 Å². The molecule has 3 aromatic carbocycles. The van der Waals surface area contributed by atoms with Gasteiger partial charge in [0, 0.05) is 22.6 Å². The fraction of sp³-hybridized carbons (Fsp3) is 0.0417. The predicted octanol–water partition coefficient (Wildman–Crippen LogP) is 4.75. The smallest absolute Gasteiger partial charge is 0.255 e. The first-order valence-corrected chi connectivity index (χ1v) is 11.3. The second-order valence-electron chi connectivity index (χ2n) is 6.95. The third-order valence-electron chi connectivity index (χ3n) is 4.65. The van der Waals surface area contributed by atoms with Gasteiger partial charge in [0.1, 0.15) is 5.76 Å². The first kappa shape index (κ1) is 21.4. The van der Waals surface area contributed by atoms with E-state index in [4.69, 9.17) is 4.42 Å². The van der Waals surface area contributed by atoms with E-state index < -0.39 is 10.0 Å². The predicted molar refractivity (Wildman–Crippen MR) is 123 cm³/mol. The fourth-order valence-electron chi connectivity index (χ4n) is 2.98. The Morgan fingerprint density at radius 2 is 1.41 bits per heavy atom. The standard InChI is InChI=1S/C24H21N3O4S/c28-24(27-21-12-10-20(11-13-21)26-19-5-2-1-3-6-19)18-8-14-23(15-9-18)32(29,30)25-17-22-7-4-16-31-22/h1-16,25-26H,17H2,(H,27,28). The van der Waals surface area contributed by atoms with Gasteiger partial charge in [-0.05, 0) is 72.8 Å². The average Bonchev–Trinajstić information content (AvgIpc) is 3.34. The highest BCUT2D eigenvalue weighted by Crippen LogP contribution is 2.19. The van der Waals surface area contributed by atoms with Crippen LogP contribution in [0.4, 0.5) is 17.1 Å². The zero-order valence-corrected chi connectivity index (χ0v) is 17.8. The molecule has 8 heteroatoms.